The number of carbonyl (C=O) groups is 2. The minimum atomic E-state index is -0.250. The highest BCUT2D eigenvalue weighted by Gasteiger charge is 2.05. The lowest BCUT2D eigenvalue weighted by atomic mass is 10.1. The monoisotopic (exact) mass is 414 g/mol. The van der Waals surface area contributed by atoms with E-state index in [-0.39, 0.29) is 30.7 Å². The van der Waals surface area contributed by atoms with Crippen molar-refractivity contribution in [1.82, 2.24) is 20.9 Å². The lowest BCUT2D eigenvalue weighted by Gasteiger charge is -2.08. The molecular formula is C22H34N6O2. The maximum Gasteiger partial charge on any atom is 0.239 e. The summed E-state index contributed by atoms with van der Waals surface area (Å²) in [5.74, 6) is -0.441. The Balaban J connectivity index is 0.000000880. The van der Waals surface area contributed by atoms with Crippen LogP contribution >= 0.6 is 0 Å². The highest BCUT2D eigenvalue weighted by molar-refractivity contribution is 5.94. The molecule has 0 saturated heterocycles. The number of nitrogen functional groups attached to an aromatic ring is 1. The Labute approximate surface area is 179 Å². The van der Waals surface area contributed by atoms with Crippen molar-refractivity contribution in [3.63, 3.8) is 0 Å². The molecule has 6 N–H and O–H groups in total. The van der Waals surface area contributed by atoms with Crippen LogP contribution in [0.15, 0.2) is 54.9 Å². The van der Waals surface area contributed by atoms with Gasteiger partial charge in [-0.1, -0.05) is 51.1 Å². The van der Waals surface area contributed by atoms with Gasteiger partial charge in [-0.15, -0.1) is 0 Å². The molecule has 0 atom stereocenters. The predicted octanol–water partition coefficient (Wildman–Crippen LogP) is 1.81. The van der Waals surface area contributed by atoms with Crippen LogP contribution in [0.3, 0.4) is 0 Å². The maximum atomic E-state index is 11.6. The van der Waals surface area contributed by atoms with Gasteiger partial charge in [0.15, 0.2) is 0 Å². The highest BCUT2D eigenvalue weighted by Crippen LogP contribution is 2.03. The Kier molecular flexibility index (Phi) is 15.9. The number of amidine groups is 1. The molecule has 0 spiro atoms. The Bertz CT molecular complexity index is 693. The molecule has 164 valence electrons. The number of pyridine rings is 1. The second kappa shape index (κ2) is 17.8. The van der Waals surface area contributed by atoms with E-state index in [4.69, 9.17) is 11.1 Å². The summed E-state index contributed by atoms with van der Waals surface area (Å²) in [7, 11) is 0. The molecule has 2 amide bonds. The summed E-state index contributed by atoms with van der Waals surface area (Å²) in [6, 6.07) is 12.8. The molecule has 0 bridgehead atoms. The van der Waals surface area contributed by atoms with Gasteiger partial charge in [0, 0.05) is 24.5 Å². The number of amides is 2. The van der Waals surface area contributed by atoms with Crippen LogP contribution in [0.2, 0.25) is 0 Å². The van der Waals surface area contributed by atoms with Gasteiger partial charge in [-0.05, 0) is 30.7 Å². The zero-order valence-corrected chi connectivity index (χ0v) is 18.1. The van der Waals surface area contributed by atoms with Crippen LogP contribution in [0.25, 0.3) is 0 Å². The topological polar surface area (TPSA) is 133 Å². The van der Waals surface area contributed by atoms with E-state index >= 15 is 0 Å². The van der Waals surface area contributed by atoms with Crippen molar-refractivity contribution < 1.29 is 9.59 Å². The molecule has 30 heavy (non-hydrogen) atoms. The van der Waals surface area contributed by atoms with Crippen LogP contribution in [-0.2, 0) is 16.1 Å². The Morgan fingerprint density at radius 3 is 2.03 bits per heavy atom. The molecule has 0 unspecified atom stereocenters. The van der Waals surface area contributed by atoms with E-state index in [0.29, 0.717) is 12.1 Å². The molecule has 0 saturated carbocycles. The number of nitrogens with zero attached hydrogens (tertiary/aromatic N) is 1. The van der Waals surface area contributed by atoms with E-state index in [2.05, 4.69) is 20.9 Å². The smallest absolute Gasteiger partial charge is 0.239 e. The van der Waals surface area contributed by atoms with Crippen LogP contribution in [0.5, 0.6) is 0 Å². The maximum absolute atomic E-state index is 11.6. The van der Waals surface area contributed by atoms with E-state index in [1.807, 2.05) is 39.0 Å². The molecule has 1 heterocycles. The average Bonchev–Trinajstić information content (AvgIpc) is 2.79. The van der Waals surface area contributed by atoms with Crippen LogP contribution in [0, 0.1) is 5.41 Å². The fraction of sp³-hybridized carbons (Fsp3) is 0.364. The molecule has 8 nitrogen and oxygen atoms in total. The quantitative estimate of drug-likeness (QED) is 0.242. The average molecular weight is 415 g/mol. The molecule has 0 aliphatic carbocycles. The lowest BCUT2D eigenvalue weighted by molar-refractivity contribution is -0.125. The highest BCUT2D eigenvalue weighted by atomic mass is 16.2. The van der Waals surface area contributed by atoms with E-state index in [9.17, 15) is 9.59 Å². The fourth-order valence-electron chi connectivity index (χ4n) is 2.00. The van der Waals surface area contributed by atoms with Crippen molar-refractivity contribution in [2.24, 2.45) is 5.73 Å². The van der Waals surface area contributed by atoms with Crippen molar-refractivity contribution >= 4 is 17.6 Å². The molecule has 0 aliphatic rings. The van der Waals surface area contributed by atoms with Crippen molar-refractivity contribution in [2.75, 3.05) is 19.6 Å². The van der Waals surface area contributed by atoms with Gasteiger partial charge in [0.2, 0.25) is 11.8 Å². The first-order valence-electron chi connectivity index (χ1n) is 10.1. The molecule has 8 heteroatoms. The summed E-state index contributed by atoms with van der Waals surface area (Å²) >= 11 is 0. The van der Waals surface area contributed by atoms with E-state index in [1.165, 1.54) is 0 Å². The summed E-state index contributed by atoms with van der Waals surface area (Å²) in [5.41, 5.74) is 6.90. The SMILES string of the molecule is CC.CCCNCC(=O)NCC(=O)NCc1ccc(C(=N)N)cc1.c1ccncc1. The van der Waals surface area contributed by atoms with Crippen molar-refractivity contribution in [2.45, 2.75) is 33.7 Å². The van der Waals surface area contributed by atoms with Gasteiger partial charge in [0.25, 0.3) is 0 Å². The van der Waals surface area contributed by atoms with Crippen LogP contribution in [0.4, 0.5) is 0 Å². The van der Waals surface area contributed by atoms with Gasteiger partial charge in [-0.25, -0.2) is 0 Å². The molecule has 1 aromatic carbocycles. The lowest BCUT2D eigenvalue weighted by Crippen LogP contribution is -2.40. The molecule has 0 radical (unpaired) electrons. The van der Waals surface area contributed by atoms with E-state index in [0.717, 1.165) is 18.5 Å². The predicted molar refractivity (Wildman–Crippen MR) is 121 cm³/mol. The number of aromatic nitrogens is 1. The van der Waals surface area contributed by atoms with Crippen LogP contribution in [-0.4, -0.2) is 42.3 Å². The third-order valence-electron chi connectivity index (χ3n) is 3.48. The molecular weight excluding hydrogens is 380 g/mol. The minimum absolute atomic E-state index is 0.00924. The van der Waals surface area contributed by atoms with Crippen molar-refractivity contribution in [3.05, 3.63) is 66.0 Å². The number of nitrogens with one attached hydrogen (secondary N) is 4. The van der Waals surface area contributed by atoms with Crippen molar-refractivity contribution in [3.8, 4) is 0 Å². The molecule has 2 aromatic rings. The second-order valence-corrected chi connectivity index (χ2v) is 5.87. The van der Waals surface area contributed by atoms with Gasteiger partial charge >= 0.3 is 0 Å². The molecule has 0 fully saturated rings. The van der Waals surface area contributed by atoms with Gasteiger partial charge in [0.1, 0.15) is 5.84 Å². The number of hydrogen-bond acceptors (Lipinski definition) is 5. The number of hydrogen-bond donors (Lipinski definition) is 5. The number of nitrogens with two attached hydrogens (primary N) is 1. The largest absolute Gasteiger partial charge is 0.384 e. The van der Waals surface area contributed by atoms with Gasteiger partial charge in [-0.3, -0.25) is 20.0 Å². The number of carbonyl (C=O) groups excluding carboxylic acids is 2. The van der Waals surface area contributed by atoms with Crippen LogP contribution < -0.4 is 21.7 Å². The second-order valence-electron chi connectivity index (χ2n) is 5.87. The summed E-state index contributed by atoms with van der Waals surface area (Å²) in [5, 5.41) is 15.5. The summed E-state index contributed by atoms with van der Waals surface area (Å²) < 4.78 is 0. The fourth-order valence-corrected chi connectivity index (χ4v) is 2.00. The zero-order chi connectivity index (χ0) is 22.6. The first kappa shape index (κ1) is 26.7. The van der Waals surface area contributed by atoms with E-state index in [1.54, 1.807) is 36.7 Å². The standard InChI is InChI=1S/C15H23N5O2.C5H5N.C2H6/c1-2-7-18-9-13(21)20-10-14(22)19-8-11-3-5-12(6-4-11)15(16)17;1-2-4-6-5-3-1;1-2/h3-6,18H,2,7-10H2,1H3,(H3,16,17)(H,19,22)(H,20,21);1-5H;1-2H3. The summed E-state index contributed by atoms with van der Waals surface area (Å²) in [6.07, 6.45) is 4.45. The summed E-state index contributed by atoms with van der Waals surface area (Å²) in [4.78, 5) is 26.8. The van der Waals surface area contributed by atoms with Gasteiger partial charge < -0.3 is 21.7 Å². The number of rotatable bonds is 9. The summed E-state index contributed by atoms with van der Waals surface area (Å²) in [6.45, 7) is 7.32. The molecule has 0 aliphatic heterocycles. The third kappa shape index (κ3) is 13.8. The Hall–Kier alpha value is -3.26. The first-order chi connectivity index (χ1) is 14.5. The van der Waals surface area contributed by atoms with Gasteiger partial charge in [0.05, 0.1) is 13.1 Å². The Morgan fingerprint density at radius 1 is 0.967 bits per heavy atom. The van der Waals surface area contributed by atoms with Gasteiger partial charge in [-0.2, -0.15) is 0 Å². The zero-order valence-electron chi connectivity index (χ0n) is 18.1. The minimum Gasteiger partial charge on any atom is -0.384 e. The number of benzene rings is 1. The van der Waals surface area contributed by atoms with E-state index < -0.39 is 0 Å². The normalized spacial score (nSPS) is 9.17. The third-order valence-corrected chi connectivity index (χ3v) is 3.48. The Morgan fingerprint density at radius 2 is 1.57 bits per heavy atom. The molecule has 2 rings (SSSR count). The van der Waals surface area contributed by atoms with Crippen LogP contribution in [0.1, 0.15) is 38.3 Å². The first-order valence-corrected chi connectivity index (χ1v) is 10.1. The van der Waals surface area contributed by atoms with Crippen molar-refractivity contribution in [1.29, 1.82) is 5.41 Å². The molecule has 1 aromatic heterocycles.